The van der Waals surface area contributed by atoms with Crippen molar-refractivity contribution in [2.45, 2.75) is 26.2 Å². The van der Waals surface area contributed by atoms with E-state index in [1.54, 1.807) is 6.20 Å². The quantitative estimate of drug-likeness (QED) is 0.785. The van der Waals surface area contributed by atoms with Gasteiger partial charge in [0, 0.05) is 37.3 Å². The van der Waals surface area contributed by atoms with Crippen molar-refractivity contribution in [3.8, 4) is 0 Å². The molecule has 1 atom stereocenters. The highest BCUT2D eigenvalue weighted by Crippen LogP contribution is 2.10. The molecular formula is C13H22N4O. The molecule has 0 aliphatic carbocycles. The summed E-state index contributed by atoms with van der Waals surface area (Å²) in [6.45, 7) is 5.85. The first-order chi connectivity index (χ1) is 8.75. The predicted molar refractivity (Wildman–Crippen MR) is 70.1 cm³/mol. The summed E-state index contributed by atoms with van der Waals surface area (Å²) in [5, 5.41) is 9.75. The minimum atomic E-state index is 0.0740. The molecule has 18 heavy (non-hydrogen) atoms. The summed E-state index contributed by atoms with van der Waals surface area (Å²) in [5.41, 5.74) is 1.06. The second-order valence-corrected chi connectivity index (χ2v) is 5.03. The summed E-state index contributed by atoms with van der Waals surface area (Å²) in [5.74, 6) is 0.228. The van der Waals surface area contributed by atoms with E-state index in [-0.39, 0.29) is 11.8 Å². The van der Waals surface area contributed by atoms with Gasteiger partial charge in [0.2, 0.25) is 5.91 Å². The van der Waals surface area contributed by atoms with Gasteiger partial charge in [0.25, 0.3) is 0 Å². The van der Waals surface area contributed by atoms with E-state index in [1.165, 1.54) is 12.8 Å². The summed E-state index contributed by atoms with van der Waals surface area (Å²) in [4.78, 5) is 14.3. The normalized spacial score (nSPS) is 17.8. The first kappa shape index (κ1) is 13.1. The van der Waals surface area contributed by atoms with Gasteiger partial charge < -0.3 is 10.2 Å². The number of aromatic amines is 1. The molecule has 1 unspecified atom stereocenters. The minimum absolute atomic E-state index is 0.0740. The van der Waals surface area contributed by atoms with Crippen molar-refractivity contribution in [3.05, 3.63) is 18.0 Å². The van der Waals surface area contributed by atoms with E-state index in [4.69, 9.17) is 0 Å². The van der Waals surface area contributed by atoms with Gasteiger partial charge in [-0.1, -0.05) is 6.92 Å². The first-order valence-electron chi connectivity index (χ1n) is 6.74. The molecule has 0 saturated carbocycles. The zero-order valence-corrected chi connectivity index (χ0v) is 11.0. The average Bonchev–Trinajstić information content (AvgIpc) is 3.01. The summed E-state index contributed by atoms with van der Waals surface area (Å²) in [6.07, 6.45) is 5.08. The lowest BCUT2D eigenvalue weighted by Gasteiger charge is -2.19. The second-order valence-electron chi connectivity index (χ2n) is 5.03. The maximum Gasteiger partial charge on any atom is 0.224 e. The van der Waals surface area contributed by atoms with Crippen LogP contribution in [0, 0.1) is 5.92 Å². The van der Waals surface area contributed by atoms with Gasteiger partial charge in [-0.2, -0.15) is 5.10 Å². The third kappa shape index (κ3) is 3.84. The molecule has 1 fully saturated rings. The molecule has 5 heteroatoms. The van der Waals surface area contributed by atoms with Crippen LogP contribution in [0.1, 0.15) is 25.5 Å². The van der Waals surface area contributed by atoms with Crippen LogP contribution in [0.5, 0.6) is 0 Å². The van der Waals surface area contributed by atoms with E-state index in [9.17, 15) is 4.79 Å². The molecule has 1 amide bonds. The third-order valence-electron chi connectivity index (χ3n) is 3.43. The number of carbonyl (C=O) groups excluding carboxylic acids is 1. The molecule has 1 aliphatic heterocycles. The maximum atomic E-state index is 11.9. The minimum Gasteiger partial charge on any atom is -0.355 e. The van der Waals surface area contributed by atoms with Gasteiger partial charge in [0.1, 0.15) is 0 Å². The molecule has 0 aromatic carbocycles. The lowest BCUT2D eigenvalue weighted by molar-refractivity contribution is -0.124. The standard InChI is InChI=1S/C13H22N4O/c1-11(10-17-8-2-3-9-17)13(18)14-6-4-12-5-7-15-16-12/h5,7,11H,2-4,6,8-10H2,1H3,(H,14,18)(H,15,16). The Kier molecular flexibility index (Phi) is 4.75. The Morgan fingerprint density at radius 3 is 3.00 bits per heavy atom. The Hall–Kier alpha value is -1.36. The Morgan fingerprint density at radius 2 is 2.33 bits per heavy atom. The zero-order valence-electron chi connectivity index (χ0n) is 11.0. The molecule has 5 nitrogen and oxygen atoms in total. The number of hydrogen-bond acceptors (Lipinski definition) is 3. The lowest BCUT2D eigenvalue weighted by Crippen LogP contribution is -2.37. The van der Waals surface area contributed by atoms with Crippen LogP contribution in [0.2, 0.25) is 0 Å². The number of likely N-dealkylation sites (tertiary alicyclic amines) is 1. The van der Waals surface area contributed by atoms with Crippen LogP contribution in [0.25, 0.3) is 0 Å². The van der Waals surface area contributed by atoms with E-state index in [0.29, 0.717) is 6.54 Å². The van der Waals surface area contributed by atoms with Gasteiger partial charge in [0.05, 0.1) is 0 Å². The number of amides is 1. The SMILES string of the molecule is CC(CN1CCCC1)C(=O)NCCc1ccn[nH]1. The number of nitrogens with zero attached hydrogens (tertiary/aromatic N) is 2. The van der Waals surface area contributed by atoms with E-state index >= 15 is 0 Å². The molecule has 1 aliphatic rings. The topological polar surface area (TPSA) is 61.0 Å². The van der Waals surface area contributed by atoms with E-state index < -0.39 is 0 Å². The van der Waals surface area contributed by atoms with E-state index in [1.807, 2.05) is 13.0 Å². The van der Waals surface area contributed by atoms with Gasteiger partial charge in [-0.15, -0.1) is 0 Å². The fourth-order valence-corrected chi connectivity index (χ4v) is 2.35. The number of aromatic nitrogens is 2. The molecule has 1 saturated heterocycles. The van der Waals surface area contributed by atoms with Gasteiger partial charge >= 0.3 is 0 Å². The second kappa shape index (κ2) is 6.54. The van der Waals surface area contributed by atoms with Crippen LogP contribution in [-0.4, -0.2) is 47.2 Å². The van der Waals surface area contributed by atoms with Crippen LogP contribution in [0.3, 0.4) is 0 Å². The fourth-order valence-electron chi connectivity index (χ4n) is 2.35. The van der Waals surface area contributed by atoms with Crippen molar-refractivity contribution in [2.24, 2.45) is 5.92 Å². The van der Waals surface area contributed by atoms with Gasteiger partial charge in [-0.3, -0.25) is 9.89 Å². The maximum absolute atomic E-state index is 11.9. The molecule has 0 bridgehead atoms. The molecule has 2 rings (SSSR count). The van der Waals surface area contributed by atoms with Crippen molar-refractivity contribution in [1.29, 1.82) is 0 Å². The molecule has 1 aromatic rings. The van der Waals surface area contributed by atoms with Gasteiger partial charge in [-0.25, -0.2) is 0 Å². The number of rotatable bonds is 6. The van der Waals surface area contributed by atoms with Crippen LogP contribution in [0.15, 0.2) is 12.3 Å². The monoisotopic (exact) mass is 250 g/mol. The molecule has 1 aromatic heterocycles. The van der Waals surface area contributed by atoms with Crippen LogP contribution in [-0.2, 0) is 11.2 Å². The Labute approximate surface area is 108 Å². The Bertz CT molecular complexity index is 357. The number of carbonyl (C=O) groups is 1. The molecular weight excluding hydrogens is 228 g/mol. The third-order valence-corrected chi connectivity index (χ3v) is 3.43. The summed E-state index contributed by atoms with van der Waals surface area (Å²) in [7, 11) is 0. The highest BCUT2D eigenvalue weighted by molar-refractivity contribution is 5.78. The van der Waals surface area contributed by atoms with Crippen LogP contribution in [0.4, 0.5) is 0 Å². The highest BCUT2D eigenvalue weighted by Gasteiger charge is 2.19. The van der Waals surface area contributed by atoms with E-state index in [2.05, 4.69) is 20.4 Å². The van der Waals surface area contributed by atoms with Gasteiger partial charge in [0.15, 0.2) is 0 Å². The molecule has 100 valence electrons. The molecule has 0 radical (unpaired) electrons. The van der Waals surface area contributed by atoms with E-state index in [0.717, 1.165) is 31.7 Å². The van der Waals surface area contributed by atoms with Crippen molar-refractivity contribution in [3.63, 3.8) is 0 Å². The fraction of sp³-hybridized carbons (Fsp3) is 0.692. The van der Waals surface area contributed by atoms with Gasteiger partial charge in [-0.05, 0) is 32.0 Å². The lowest BCUT2D eigenvalue weighted by atomic mass is 10.1. The van der Waals surface area contributed by atoms with Crippen LogP contribution >= 0.6 is 0 Å². The average molecular weight is 250 g/mol. The zero-order chi connectivity index (χ0) is 12.8. The summed E-state index contributed by atoms with van der Waals surface area (Å²) >= 11 is 0. The number of hydrogen-bond donors (Lipinski definition) is 2. The molecule has 2 heterocycles. The highest BCUT2D eigenvalue weighted by atomic mass is 16.1. The molecule has 2 N–H and O–H groups in total. The van der Waals surface area contributed by atoms with Crippen molar-refractivity contribution in [2.75, 3.05) is 26.2 Å². The summed E-state index contributed by atoms with van der Waals surface area (Å²) < 4.78 is 0. The van der Waals surface area contributed by atoms with Crippen molar-refractivity contribution >= 4 is 5.91 Å². The smallest absolute Gasteiger partial charge is 0.224 e. The Balaban J connectivity index is 1.64. The van der Waals surface area contributed by atoms with Crippen LogP contribution < -0.4 is 5.32 Å². The van der Waals surface area contributed by atoms with Crippen molar-refractivity contribution in [1.82, 2.24) is 20.4 Å². The molecule has 0 spiro atoms. The Morgan fingerprint density at radius 1 is 1.56 bits per heavy atom. The largest absolute Gasteiger partial charge is 0.355 e. The van der Waals surface area contributed by atoms with Crippen molar-refractivity contribution < 1.29 is 4.79 Å². The first-order valence-corrected chi connectivity index (χ1v) is 6.74. The number of nitrogens with one attached hydrogen (secondary N) is 2. The summed E-state index contributed by atoms with van der Waals surface area (Å²) in [6, 6.07) is 1.93. The number of H-pyrrole nitrogens is 1. The predicted octanol–water partition coefficient (Wildman–Crippen LogP) is 0.800.